The lowest BCUT2D eigenvalue weighted by molar-refractivity contribution is 0.103. The molecule has 0 saturated heterocycles. The summed E-state index contributed by atoms with van der Waals surface area (Å²) in [6, 6.07) is 5.23. The highest BCUT2D eigenvalue weighted by Gasteiger charge is 2.19. The predicted octanol–water partition coefficient (Wildman–Crippen LogP) is 5.04. The SMILES string of the molecule is Cc1cc(C)c(C)c(C(=O)c2cc(N)c(Cl)c(Cl)c2)c1C. The number of halogens is 2. The summed E-state index contributed by atoms with van der Waals surface area (Å²) in [5.41, 5.74) is 11.4. The number of nitrogen functional groups attached to an aromatic ring is 1. The number of carbonyl (C=O) groups excluding carboxylic acids is 1. The Hall–Kier alpha value is -1.51. The van der Waals surface area contributed by atoms with Crippen molar-refractivity contribution in [1.29, 1.82) is 0 Å². The monoisotopic (exact) mass is 321 g/mol. The van der Waals surface area contributed by atoms with Crippen molar-refractivity contribution in [1.82, 2.24) is 0 Å². The molecule has 0 aliphatic rings. The number of hydrogen-bond acceptors (Lipinski definition) is 2. The topological polar surface area (TPSA) is 43.1 Å². The minimum Gasteiger partial charge on any atom is -0.397 e. The third-order valence-electron chi connectivity index (χ3n) is 3.91. The maximum absolute atomic E-state index is 12.9. The molecule has 0 aliphatic heterocycles. The zero-order chi connectivity index (χ0) is 15.9. The fraction of sp³-hybridized carbons (Fsp3) is 0.235. The van der Waals surface area contributed by atoms with E-state index in [-0.39, 0.29) is 10.8 Å². The zero-order valence-electron chi connectivity index (χ0n) is 12.5. The van der Waals surface area contributed by atoms with Crippen molar-refractivity contribution in [3.05, 3.63) is 61.6 Å². The van der Waals surface area contributed by atoms with Gasteiger partial charge in [-0.05, 0) is 62.1 Å². The van der Waals surface area contributed by atoms with Crippen LogP contribution in [0, 0.1) is 27.7 Å². The van der Waals surface area contributed by atoms with Crippen LogP contribution < -0.4 is 5.73 Å². The van der Waals surface area contributed by atoms with E-state index in [0.717, 1.165) is 22.3 Å². The van der Waals surface area contributed by atoms with Crippen LogP contribution in [-0.2, 0) is 0 Å². The summed E-state index contributed by atoms with van der Waals surface area (Å²) in [5, 5.41) is 0.571. The smallest absolute Gasteiger partial charge is 0.193 e. The van der Waals surface area contributed by atoms with Crippen molar-refractivity contribution >= 4 is 34.7 Å². The van der Waals surface area contributed by atoms with Gasteiger partial charge in [-0.25, -0.2) is 0 Å². The average Bonchev–Trinajstić information content (AvgIpc) is 2.42. The number of aryl methyl sites for hydroxylation is 2. The first kappa shape index (κ1) is 15.9. The van der Waals surface area contributed by atoms with Gasteiger partial charge in [-0.3, -0.25) is 4.79 Å². The molecule has 0 amide bonds. The molecule has 21 heavy (non-hydrogen) atoms. The summed E-state index contributed by atoms with van der Waals surface area (Å²) in [6.07, 6.45) is 0. The molecule has 0 bridgehead atoms. The van der Waals surface area contributed by atoms with Gasteiger partial charge < -0.3 is 5.73 Å². The largest absolute Gasteiger partial charge is 0.397 e. The number of ketones is 1. The molecule has 2 nitrogen and oxygen atoms in total. The third-order valence-corrected chi connectivity index (χ3v) is 4.73. The molecule has 0 unspecified atom stereocenters. The quantitative estimate of drug-likeness (QED) is 0.622. The van der Waals surface area contributed by atoms with E-state index in [2.05, 4.69) is 6.07 Å². The standard InChI is InChI=1S/C17H17Cl2NO/c1-8-5-9(2)11(4)15(10(8)3)17(21)12-6-13(18)16(19)14(20)7-12/h5-7H,20H2,1-4H3. The van der Waals surface area contributed by atoms with E-state index in [4.69, 9.17) is 28.9 Å². The minimum absolute atomic E-state index is 0.0814. The molecule has 0 spiro atoms. The molecule has 0 aromatic heterocycles. The fourth-order valence-corrected chi connectivity index (χ4v) is 2.78. The molecule has 0 fully saturated rings. The Morgan fingerprint density at radius 3 is 1.95 bits per heavy atom. The van der Waals surface area contributed by atoms with Gasteiger partial charge in [0.25, 0.3) is 0 Å². The van der Waals surface area contributed by atoms with Crippen molar-refractivity contribution in [3.8, 4) is 0 Å². The van der Waals surface area contributed by atoms with Crippen LogP contribution in [0.1, 0.15) is 38.2 Å². The molecular formula is C17H17Cl2NO. The van der Waals surface area contributed by atoms with E-state index in [9.17, 15) is 4.79 Å². The van der Waals surface area contributed by atoms with Gasteiger partial charge >= 0.3 is 0 Å². The second-order valence-electron chi connectivity index (χ2n) is 5.33. The number of hydrogen-bond donors (Lipinski definition) is 1. The van der Waals surface area contributed by atoms with Crippen LogP contribution in [0.2, 0.25) is 10.0 Å². The number of benzene rings is 2. The summed E-state index contributed by atoms with van der Waals surface area (Å²) >= 11 is 12.0. The second kappa shape index (κ2) is 5.70. The van der Waals surface area contributed by atoms with Crippen LogP contribution in [0.15, 0.2) is 18.2 Å². The summed E-state index contributed by atoms with van der Waals surface area (Å²) in [5.74, 6) is -0.0814. The van der Waals surface area contributed by atoms with Gasteiger partial charge in [0.2, 0.25) is 0 Å². The lowest BCUT2D eigenvalue weighted by Gasteiger charge is -2.15. The molecule has 0 heterocycles. The van der Waals surface area contributed by atoms with Crippen molar-refractivity contribution in [2.45, 2.75) is 27.7 Å². The zero-order valence-corrected chi connectivity index (χ0v) is 14.0. The first-order valence-electron chi connectivity index (χ1n) is 6.60. The van der Waals surface area contributed by atoms with Crippen LogP contribution in [-0.4, -0.2) is 5.78 Å². The van der Waals surface area contributed by atoms with E-state index >= 15 is 0 Å². The van der Waals surface area contributed by atoms with Gasteiger partial charge in [0.1, 0.15) is 0 Å². The third kappa shape index (κ3) is 2.78. The van der Waals surface area contributed by atoms with Crippen molar-refractivity contribution in [2.75, 3.05) is 5.73 Å². The van der Waals surface area contributed by atoms with Crippen LogP contribution in [0.3, 0.4) is 0 Å². The first-order valence-corrected chi connectivity index (χ1v) is 7.36. The van der Waals surface area contributed by atoms with Crippen LogP contribution in [0.25, 0.3) is 0 Å². The number of anilines is 1. The molecule has 0 atom stereocenters. The van der Waals surface area contributed by atoms with Gasteiger partial charge in [-0.15, -0.1) is 0 Å². The van der Waals surface area contributed by atoms with Crippen molar-refractivity contribution < 1.29 is 4.79 Å². The minimum atomic E-state index is -0.0814. The van der Waals surface area contributed by atoms with E-state index in [1.165, 1.54) is 0 Å². The Bertz CT molecular complexity index is 702. The summed E-state index contributed by atoms with van der Waals surface area (Å²) in [7, 11) is 0. The maximum atomic E-state index is 12.9. The summed E-state index contributed by atoms with van der Waals surface area (Å²) < 4.78 is 0. The Morgan fingerprint density at radius 2 is 1.48 bits per heavy atom. The Balaban J connectivity index is 2.66. The van der Waals surface area contributed by atoms with E-state index < -0.39 is 0 Å². The molecule has 0 aliphatic carbocycles. The van der Waals surface area contributed by atoms with Gasteiger partial charge in [0, 0.05) is 11.1 Å². The van der Waals surface area contributed by atoms with Gasteiger partial charge in [-0.2, -0.15) is 0 Å². The highest BCUT2D eigenvalue weighted by atomic mass is 35.5. The molecule has 4 heteroatoms. The highest BCUT2D eigenvalue weighted by molar-refractivity contribution is 6.44. The number of carbonyl (C=O) groups is 1. The van der Waals surface area contributed by atoms with Crippen LogP contribution in [0.5, 0.6) is 0 Å². The summed E-state index contributed by atoms with van der Waals surface area (Å²) in [4.78, 5) is 12.9. The van der Waals surface area contributed by atoms with E-state index in [0.29, 0.717) is 21.8 Å². The van der Waals surface area contributed by atoms with Crippen molar-refractivity contribution in [3.63, 3.8) is 0 Å². The Labute approximate surface area is 134 Å². The molecule has 110 valence electrons. The predicted molar refractivity (Wildman–Crippen MR) is 89.7 cm³/mol. The lowest BCUT2D eigenvalue weighted by atomic mass is 9.89. The first-order chi connectivity index (χ1) is 9.73. The fourth-order valence-electron chi connectivity index (χ4n) is 2.44. The number of rotatable bonds is 2. The molecule has 2 rings (SSSR count). The van der Waals surface area contributed by atoms with Gasteiger partial charge in [0.05, 0.1) is 15.7 Å². The highest BCUT2D eigenvalue weighted by Crippen LogP contribution is 2.32. The van der Waals surface area contributed by atoms with Crippen LogP contribution in [0.4, 0.5) is 5.69 Å². The maximum Gasteiger partial charge on any atom is 0.193 e. The normalized spacial score (nSPS) is 10.8. The van der Waals surface area contributed by atoms with Crippen LogP contribution >= 0.6 is 23.2 Å². The average molecular weight is 322 g/mol. The van der Waals surface area contributed by atoms with Crippen molar-refractivity contribution in [2.24, 2.45) is 0 Å². The molecule has 0 saturated carbocycles. The molecule has 2 aromatic rings. The molecule has 0 radical (unpaired) electrons. The van der Waals surface area contributed by atoms with Gasteiger partial charge in [-0.1, -0.05) is 29.3 Å². The number of nitrogens with two attached hydrogens (primary N) is 1. The lowest BCUT2D eigenvalue weighted by Crippen LogP contribution is -2.09. The second-order valence-corrected chi connectivity index (χ2v) is 6.11. The molecular weight excluding hydrogens is 305 g/mol. The Kier molecular flexibility index (Phi) is 4.31. The Morgan fingerprint density at radius 1 is 0.952 bits per heavy atom. The van der Waals surface area contributed by atoms with E-state index in [1.54, 1.807) is 12.1 Å². The molecule has 2 N–H and O–H groups in total. The summed E-state index contributed by atoms with van der Waals surface area (Å²) in [6.45, 7) is 7.91. The van der Waals surface area contributed by atoms with Gasteiger partial charge in [0.15, 0.2) is 5.78 Å². The van der Waals surface area contributed by atoms with E-state index in [1.807, 2.05) is 27.7 Å². The molecule has 2 aromatic carbocycles.